The minimum Gasteiger partial charge on any atom is -0.349 e. The first-order valence-corrected chi connectivity index (χ1v) is 8.60. The lowest BCUT2D eigenvalue weighted by atomic mass is 9.94. The van der Waals surface area contributed by atoms with E-state index in [9.17, 15) is 9.18 Å². The first-order valence-electron chi connectivity index (χ1n) is 7.72. The molecule has 4 nitrogen and oxygen atoms in total. The number of rotatable bonds is 7. The van der Waals surface area contributed by atoms with Crippen molar-refractivity contribution in [2.24, 2.45) is 5.73 Å². The molecule has 0 fully saturated rings. The van der Waals surface area contributed by atoms with Gasteiger partial charge in [0.05, 0.1) is 5.01 Å². The fourth-order valence-corrected chi connectivity index (χ4v) is 2.95. The molecular weight excluding hydrogens is 384 g/mol. The average Bonchev–Trinajstić information content (AvgIpc) is 3.03. The van der Waals surface area contributed by atoms with Gasteiger partial charge in [0.1, 0.15) is 11.5 Å². The fraction of sp³-hybridized carbons (Fsp3) is 0.412. The number of amides is 1. The molecule has 1 aromatic carbocycles. The standard InChI is InChI=1S/C17H22FN3OS.2ClH/c1-3-17(19,4-2)11-20-16(22)14-10-23-15(21-14)9-12-7-5-6-8-13(12)18;;/h5-8,10H,3-4,9,11,19H2,1-2H3,(H,20,22);2*1H. The number of thiazole rings is 1. The van der Waals surface area contributed by atoms with Crippen LogP contribution in [0.25, 0.3) is 0 Å². The molecule has 3 N–H and O–H groups in total. The number of hydrogen-bond donors (Lipinski definition) is 2. The van der Waals surface area contributed by atoms with Crippen LogP contribution in [-0.4, -0.2) is 23.0 Å². The summed E-state index contributed by atoms with van der Waals surface area (Å²) in [6, 6.07) is 6.59. The van der Waals surface area contributed by atoms with Gasteiger partial charge in [-0.2, -0.15) is 0 Å². The van der Waals surface area contributed by atoms with E-state index in [1.165, 1.54) is 17.4 Å². The van der Waals surface area contributed by atoms with Gasteiger partial charge in [-0.3, -0.25) is 4.79 Å². The highest BCUT2D eigenvalue weighted by molar-refractivity contribution is 7.09. The van der Waals surface area contributed by atoms with Gasteiger partial charge in [0.2, 0.25) is 0 Å². The van der Waals surface area contributed by atoms with E-state index < -0.39 is 0 Å². The predicted molar refractivity (Wildman–Crippen MR) is 106 cm³/mol. The van der Waals surface area contributed by atoms with Gasteiger partial charge < -0.3 is 11.1 Å². The topological polar surface area (TPSA) is 68.0 Å². The molecule has 1 aromatic heterocycles. The normalized spacial score (nSPS) is 10.6. The van der Waals surface area contributed by atoms with E-state index in [4.69, 9.17) is 5.73 Å². The Morgan fingerprint density at radius 2 is 1.92 bits per heavy atom. The third-order valence-corrected chi connectivity index (χ3v) is 4.94. The third-order valence-electron chi connectivity index (χ3n) is 4.09. The maximum absolute atomic E-state index is 13.7. The molecule has 0 aliphatic rings. The second kappa shape index (κ2) is 10.7. The van der Waals surface area contributed by atoms with Crippen molar-refractivity contribution >= 4 is 42.1 Å². The van der Waals surface area contributed by atoms with Crippen molar-refractivity contribution < 1.29 is 9.18 Å². The molecule has 0 spiro atoms. The third kappa shape index (κ3) is 6.55. The molecule has 0 aliphatic heterocycles. The van der Waals surface area contributed by atoms with Gasteiger partial charge >= 0.3 is 0 Å². The predicted octanol–water partition coefficient (Wildman–Crippen LogP) is 3.96. The number of carbonyl (C=O) groups excluding carboxylic acids is 1. The Balaban J connectivity index is 0.00000288. The summed E-state index contributed by atoms with van der Waals surface area (Å²) in [5.74, 6) is -0.495. The van der Waals surface area contributed by atoms with Crippen LogP contribution < -0.4 is 11.1 Å². The summed E-state index contributed by atoms with van der Waals surface area (Å²) >= 11 is 1.36. The zero-order chi connectivity index (χ0) is 16.9. The van der Waals surface area contributed by atoms with Crippen molar-refractivity contribution in [3.63, 3.8) is 0 Å². The van der Waals surface area contributed by atoms with Crippen LogP contribution >= 0.6 is 36.2 Å². The van der Waals surface area contributed by atoms with Crippen molar-refractivity contribution in [1.29, 1.82) is 0 Å². The summed E-state index contributed by atoms with van der Waals surface area (Å²) in [6.07, 6.45) is 1.97. The van der Waals surface area contributed by atoms with E-state index in [0.29, 0.717) is 29.2 Å². The highest BCUT2D eigenvalue weighted by Crippen LogP contribution is 2.17. The smallest absolute Gasteiger partial charge is 0.270 e. The molecular formula is C17H24Cl2FN3OS. The number of nitrogens with one attached hydrogen (secondary N) is 1. The molecule has 0 bridgehead atoms. The molecule has 0 radical (unpaired) electrons. The molecule has 140 valence electrons. The Kier molecular flexibility index (Phi) is 10.2. The Labute approximate surface area is 164 Å². The zero-order valence-electron chi connectivity index (χ0n) is 14.3. The maximum Gasteiger partial charge on any atom is 0.270 e. The minimum atomic E-state index is -0.387. The van der Waals surface area contributed by atoms with E-state index in [2.05, 4.69) is 10.3 Å². The van der Waals surface area contributed by atoms with Gasteiger partial charge in [0.15, 0.2) is 0 Å². The minimum absolute atomic E-state index is 0. The quantitative estimate of drug-likeness (QED) is 0.729. The van der Waals surface area contributed by atoms with Gasteiger partial charge in [0.25, 0.3) is 5.91 Å². The van der Waals surface area contributed by atoms with E-state index in [-0.39, 0.29) is 42.1 Å². The SMILES string of the molecule is CCC(N)(CC)CNC(=O)c1csc(Cc2ccccc2F)n1.Cl.Cl. The summed E-state index contributed by atoms with van der Waals surface area (Å²) in [5.41, 5.74) is 6.72. The second-order valence-corrected chi connectivity index (χ2v) is 6.59. The number of halogens is 3. The van der Waals surface area contributed by atoms with Crippen LogP contribution in [0.15, 0.2) is 29.6 Å². The zero-order valence-corrected chi connectivity index (χ0v) is 16.7. The van der Waals surface area contributed by atoms with Gasteiger partial charge in [-0.15, -0.1) is 36.2 Å². The first-order chi connectivity index (χ1) is 11.0. The summed E-state index contributed by atoms with van der Waals surface area (Å²) < 4.78 is 13.7. The first kappa shape index (κ1) is 23.8. The monoisotopic (exact) mass is 407 g/mol. The lowest BCUT2D eigenvalue weighted by molar-refractivity contribution is 0.0937. The van der Waals surface area contributed by atoms with Crippen LogP contribution in [0.2, 0.25) is 0 Å². The number of nitrogens with two attached hydrogens (primary N) is 1. The average molecular weight is 408 g/mol. The second-order valence-electron chi connectivity index (χ2n) is 5.65. The van der Waals surface area contributed by atoms with Crippen LogP contribution in [0.4, 0.5) is 4.39 Å². The lowest BCUT2D eigenvalue weighted by Gasteiger charge is -2.26. The number of hydrogen-bond acceptors (Lipinski definition) is 4. The highest BCUT2D eigenvalue weighted by atomic mass is 35.5. The number of carbonyl (C=O) groups is 1. The van der Waals surface area contributed by atoms with Crippen molar-refractivity contribution in [3.8, 4) is 0 Å². The molecule has 8 heteroatoms. The fourth-order valence-electron chi connectivity index (χ4n) is 2.15. The molecule has 2 rings (SSSR count). The molecule has 0 unspecified atom stereocenters. The molecule has 1 heterocycles. The van der Waals surface area contributed by atoms with Crippen LogP contribution in [0, 0.1) is 5.82 Å². The highest BCUT2D eigenvalue weighted by Gasteiger charge is 2.22. The number of nitrogens with zero attached hydrogens (tertiary/aromatic N) is 1. The molecule has 0 aliphatic carbocycles. The molecule has 1 amide bonds. The number of benzene rings is 1. The van der Waals surface area contributed by atoms with Gasteiger partial charge in [-0.05, 0) is 24.5 Å². The molecule has 0 atom stereocenters. The van der Waals surface area contributed by atoms with Crippen molar-refractivity contribution in [2.45, 2.75) is 38.6 Å². The van der Waals surface area contributed by atoms with Crippen LogP contribution in [0.5, 0.6) is 0 Å². The van der Waals surface area contributed by atoms with Crippen molar-refractivity contribution in [3.05, 3.63) is 51.7 Å². The summed E-state index contributed by atoms with van der Waals surface area (Å²) in [4.78, 5) is 16.5. The summed E-state index contributed by atoms with van der Waals surface area (Å²) in [5, 5.41) is 5.25. The van der Waals surface area contributed by atoms with E-state index >= 15 is 0 Å². The van der Waals surface area contributed by atoms with Crippen molar-refractivity contribution in [1.82, 2.24) is 10.3 Å². The van der Waals surface area contributed by atoms with E-state index in [1.54, 1.807) is 23.6 Å². The Hall–Kier alpha value is -1.21. The Morgan fingerprint density at radius 3 is 2.52 bits per heavy atom. The van der Waals surface area contributed by atoms with E-state index in [1.807, 2.05) is 13.8 Å². The van der Waals surface area contributed by atoms with Crippen LogP contribution in [0.3, 0.4) is 0 Å². The molecule has 0 saturated carbocycles. The molecule has 25 heavy (non-hydrogen) atoms. The van der Waals surface area contributed by atoms with E-state index in [0.717, 1.165) is 12.8 Å². The summed E-state index contributed by atoms with van der Waals surface area (Å²) in [6.45, 7) is 4.43. The molecule has 0 saturated heterocycles. The van der Waals surface area contributed by atoms with Crippen molar-refractivity contribution in [2.75, 3.05) is 6.54 Å². The maximum atomic E-state index is 13.7. The molecule has 2 aromatic rings. The number of aromatic nitrogens is 1. The van der Waals surface area contributed by atoms with Gasteiger partial charge in [-0.1, -0.05) is 32.0 Å². The lowest BCUT2D eigenvalue weighted by Crippen LogP contribution is -2.49. The van der Waals surface area contributed by atoms with Crippen LogP contribution in [-0.2, 0) is 6.42 Å². The Bertz CT molecular complexity index is 677. The van der Waals surface area contributed by atoms with Gasteiger partial charge in [0, 0.05) is 23.9 Å². The Morgan fingerprint density at radius 1 is 1.28 bits per heavy atom. The van der Waals surface area contributed by atoms with Crippen LogP contribution in [0.1, 0.15) is 47.7 Å². The summed E-state index contributed by atoms with van der Waals surface area (Å²) in [7, 11) is 0. The van der Waals surface area contributed by atoms with Gasteiger partial charge in [-0.25, -0.2) is 9.37 Å². The largest absolute Gasteiger partial charge is 0.349 e.